The molecular weight excluding hydrogens is 222 g/mol. The fourth-order valence-electron chi connectivity index (χ4n) is 1.96. The van der Waals surface area contributed by atoms with Crippen LogP contribution in [0.25, 0.3) is 5.76 Å². The van der Waals surface area contributed by atoms with Gasteiger partial charge in [0.2, 0.25) is 0 Å². The van der Waals surface area contributed by atoms with Gasteiger partial charge in [0.15, 0.2) is 5.78 Å². The summed E-state index contributed by atoms with van der Waals surface area (Å²) in [5, 5.41) is 20.8. The first kappa shape index (κ1) is 11.3. The monoisotopic (exact) mass is 233 g/mol. The maximum atomic E-state index is 11.5. The number of nitrogens with zero attached hydrogens (tertiary/aromatic N) is 1. The number of benzene rings is 1. The predicted molar refractivity (Wildman–Crippen MR) is 61.5 cm³/mol. The van der Waals surface area contributed by atoms with Crippen molar-refractivity contribution >= 4 is 17.2 Å². The molecule has 88 valence electrons. The van der Waals surface area contributed by atoms with Crippen molar-refractivity contribution in [3.05, 3.63) is 45.5 Å². The lowest BCUT2D eigenvalue weighted by atomic mass is 10.1. The van der Waals surface area contributed by atoms with Crippen LogP contribution in [0.5, 0.6) is 0 Å². The molecule has 0 aliphatic heterocycles. The van der Waals surface area contributed by atoms with Gasteiger partial charge >= 0.3 is 0 Å². The standard InChI is InChI=1S/C12H11NO4/c14-11-7-3-5-9(11)12(15)8-4-1-2-6-10(8)13(16)17/h1-2,4,6,15H,3,5,7H2/b12-9-. The third-order valence-corrected chi connectivity index (χ3v) is 2.81. The van der Waals surface area contributed by atoms with Crippen LogP contribution in [0.15, 0.2) is 29.8 Å². The summed E-state index contributed by atoms with van der Waals surface area (Å²) in [4.78, 5) is 21.7. The van der Waals surface area contributed by atoms with Crippen molar-refractivity contribution in [1.29, 1.82) is 0 Å². The topological polar surface area (TPSA) is 80.4 Å². The lowest BCUT2D eigenvalue weighted by Gasteiger charge is -2.04. The lowest BCUT2D eigenvalue weighted by Crippen LogP contribution is -2.00. The zero-order chi connectivity index (χ0) is 12.4. The Kier molecular flexibility index (Phi) is 2.91. The van der Waals surface area contributed by atoms with E-state index in [4.69, 9.17) is 0 Å². The molecule has 0 bridgehead atoms. The van der Waals surface area contributed by atoms with Crippen LogP contribution in [0.3, 0.4) is 0 Å². The Balaban J connectivity index is 2.54. The summed E-state index contributed by atoms with van der Waals surface area (Å²) in [7, 11) is 0. The fourth-order valence-corrected chi connectivity index (χ4v) is 1.96. The van der Waals surface area contributed by atoms with Gasteiger partial charge in [-0.15, -0.1) is 0 Å². The average molecular weight is 233 g/mol. The summed E-state index contributed by atoms with van der Waals surface area (Å²) in [5.41, 5.74) is 0.235. The van der Waals surface area contributed by atoms with E-state index in [2.05, 4.69) is 0 Å². The number of carbonyl (C=O) groups excluding carboxylic acids is 1. The number of hydrogen-bond donors (Lipinski definition) is 1. The van der Waals surface area contributed by atoms with Gasteiger partial charge in [-0.1, -0.05) is 12.1 Å². The third kappa shape index (κ3) is 2.04. The van der Waals surface area contributed by atoms with Crippen LogP contribution in [0, 0.1) is 10.1 Å². The predicted octanol–water partition coefficient (Wildman–Crippen LogP) is 2.62. The zero-order valence-corrected chi connectivity index (χ0v) is 9.05. The minimum Gasteiger partial charge on any atom is -0.507 e. The largest absolute Gasteiger partial charge is 0.507 e. The number of rotatable bonds is 2. The highest BCUT2D eigenvalue weighted by atomic mass is 16.6. The summed E-state index contributed by atoms with van der Waals surface area (Å²) in [5.74, 6) is -0.375. The number of para-hydroxylation sites is 1. The van der Waals surface area contributed by atoms with Gasteiger partial charge in [-0.25, -0.2) is 0 Å². The summed E-state index contributed by atoms with van der Waals surface area (Å²) >= 11 is 0. The molecule has 0 spiro atoms. The van der Waals surface area contributed by atoms with Crippen LogP contribution in [-0.2, 0) is 4.79 Å². The molecule has 5 nitrogen and oxygen atoms in total. The number of ketones is 1. The molecule has 0 aromatic heterocycles. The molecule has 0 heterocycles. The Morgan fingerprint density at radius 2 is 2.00 bits per heavy atom. The molecule has 0 atom stereocenters. The molecule has 0 amide bonds. The van der Waals surface area contributed by atoms with Crippen LogP contribution in [0.1, 0.15) is 24.8 Å². The average Bonchev–Trinajstić information content (AvgIpc) is 2.74. The number of aliphatic hydroxyl groups is 1. The van der Waals surface area contributed by atoms with Crippen molar-refractivity contribution in [2.24, 2.45) is 0 Å². The van der Waals surface area contributed by atoms with E-state index >= 15 is 0 Å². The highest BCUT2D eigenvalue weighted by Crippen LogP contribution is 2.31. The maximum Gasteiger partial charge on any atom is 0.280 e. The van der Waals surface area contributed by atoms with Crippen LogP contribution < -0.4 is 0 Å². The number of Topliss-reactive ketones (excluding diaryl/α,β-unsaturated/α-hetero) is 1. The minimum absolute atomic E-state index is 0.114. The molecule has 1 aromatic carbocycles. The molecular formula is C12H11NO4. The molecule has 0 radical (unpaired) electrons. The van der Waals surface area contributed by atoms with E-state index in [1.165, 1.54) is 18.2 Å². The van der Waals surface area contributed by atoms with Crippen molar-refractivity contribution in [1.82, 2.24) is 0 Å². The summed E-state index contributed by atoms with van der Waals surface area (Å²) in [6.07, 6.45) is 1.58. The number of nitro groups is 1. The van der Waals surface area contributed by atoms with Crippen molar-refractivity contribution in [2.45, 2.75) is 19.3 Å². The Hall–Kier alpha value is -2.17. The van der Waals surface area contributed by atoms with Crippen LogP contribution >= 0.6 is 0 Å². The quantitative estimate of drug-likeness (QED) is 0.368. The molecule has 0 unspecified atom stereocenters. The molecule has 1 aliphatic carbocycles. The zero-order valence-electron chi connectivity index (χ0n) is 9.05. The summed E-state index contributed by atoms with van der Waals surface area (Å²) < 4.78 is 0. The number of hydrogen-bond acceptors (Lipinski definition) is 4. The van der Waals surface area contributed by atoms with Gasteiger partial charge in [-0.2, -0.15) is 0 Å². The second-order valence-corrected chi connectivity index (χ2v) is 3.88. The van der Waals surface area contributed by atoms with Crippen LogP contribution in [-0.4, -0.2) is 15.8 Å². The SMILES string of the molecule is O=C1CCC/C1=C(/O)c1ccccc1[N+](=O)[O-]. The third-order valence-electron chi connectivity index (χ3n) is 2.81. The molecule has 0 saturated heterocycles. The molecule has 2 rings (SSSR count). The second-order valence-electron chi connectivity index (χ2n) is 3.88. The molecule has 1 fully saturated rings. The smallest absolute Gasteiger partial charge is 0.280 e. The first-order valence-corrected chi connectivity index (χ1v) is 5.30. The number of allylic oxidation sites excluding steroid dienone is 1. The van der Waals surface area contributed by atoms with Gasteiger partial charge in [0.25, 0.3) is 5.69 Å². The van der Waals surface area contributed by atoms with Gasteiger partial charge in [0, 0.05) is 18.1 Å². The Bertz CT molecular complexity index is 519. The summed E-state index contributed by atoms with van der Waals surface area (Å²) in [6.45, 7) is 0. The van der Waals surface area contributed by atoms with Crippen molar-refractivity contribution in [3.8, 4) is 0 Å². The first-order valence-electron chi connectivity index (χ1n) is 5.30. The Morgan fingerprint density at radius 3 is 2.59 bits per heavy atom. The van der Waals surface area contributed by atoms with Crippen molar-refractivity contribution in [2.75, 3.05) is 0 Å². The van der Waals surface area contributed by atoms with Gasteiger partial charge in [0.1, 0.15) is 5.76 Å². The van der Waals surface area contributed by atoms with Gasteiger partial charge in [-0.05, 0) is 18.9 Å². The fraction of sp³-hybridized carbons (Fsp3) is 0.250. The lowest BCUT2D eigenvalue weighted by molar-refractivity contribution is -0.385. The summed E-state index contributed by atoms with van der Waals surface area (Å²) in [6, 6.07) is 5.88. The van der Waals surface area contributed by atoms with E-state index in [9.17, 15) is 20.0 Å². The van der Waals surface area contributed by atoms with E-state index in [1.54, 1.807) is 6.07 Å². The molecule has 5 heteroatoms. The molecule has 1 aliphatic rings. The van der Waals surface area contributed by atoms with Crippen molar-refractivity contribution in [3.63, 3.8) is 0 Å². The van der Waals surface area contributed by atoms with E-state index in [0.29, 0.717) is 24.8 Å². The minimum atomic E-state index is -0.564. The second kappa shape index (κ2) is 4.37. The maximum absolute atomic E-state index is 11.5. The highest BCUT2D eigenvalue weighted by molar-refractivity contribution is 6.03. The van der Waals surface area contributed by atoms with E-state index in [1.807, 2.05) is 0 Å². The molecule has 1 saturated carbocycles. The van der Waals surface area contributed by atoms with E-state index in [0.717, 1.165) is 0 Å². The Labute approximate surface area is 97.5 Å². The van der Waals surface area contributed by atoms with Gasteiger partial charge < -0.3 is 5.11 Å². The number of carbonyl (C=O) groups is 1. The molecule has 1 N–H and O–H groups in total. The number of nitro benzene ring substituents is 1. The van der Waals surface area contributed by atoms with Gasteiger partial charge in [0.05, 0.1) is 10.5 Å². The van der Waals surface area contributed by atoms with E-state index < -0.39 is 4.92 Å². The highest BCUT2D eigenvalue weighted by Gasteiger charge is 2.25. The van der Waals surface area contributed by atoms with Crippen LogP contribution in [0.4, 0.5) is 5.69 Å². The molecule has 17 heavy (non-hydrogen) atoms. The first-order chi connectivity index (χ1) is 8.11. The number of aliphatic hydroxyl groups excluding tert-OH is 1. The normalized spacial score (nSPS) is 18.2. The van der Waals surface area contributed by atoms with Crippen molar-refractivity contribution < 1.29 is 14.8 Å². The Morgan fingerprint density at radius 1 is 1.29 bits per heavy atom. The molecule has 1 aromatic rings. The van der Waals surface area contributed by atoms with E-state index in [-0.39, 0.29) is 22.8 Å². The van der Waals surface area contributed by atoms with Crippen LogP contribution in [0.2, 0.25) is 0 Å². The van der Waals surface area contributed by atoms with Gasteiger partial charge in [-0.3, -0.25) is 14.9 Å².